The second kappa shape index (κ2) is 5.84. The largest absolute Gasteiger partial charge is 0.464 e. The first-order valence-electron chi connectivity index (χ1n) is 6.11. The fourth-order valence-corrected chi connectivity index (χ4v) is 1.92. The van der Waals surface area contributed by atoms with Crippen molar-refractivity contribution in [3.8, 4) is 0 Å². The average Bonchev–Trinajstić information content (AvgIpc) is 2.78. The topological polar surface area (TPSA) is 45.4 Å². The molecule has 0 bridgehead atoms. The van der Waals surface area contributed by atoms with E-state index in [4.69, 9.17) is 9.52 Å². The van der Waals surface area contributed by atoms with Crippen LogP contribution < -0.4 is 5.32 Å². The lowest BCUT2D eigenvalue weighted by Crippen LogP contribution is -2.24. The maximum absolute atomic E-state index is 9.10. The number of para-hydroxylation sites is 1. The number of aliphatic hydroxyl groups is 1. The van der Waals surface area contributed by atoms with E-state index in [0.717, 1.165) is 30.5 Å². The van der Waals surface area contributed by atoms with Crippen molar-refractivity contribution in [1.29, 1.82) is 0 Å². The molecule has 0 aliphatic heterocycles. The number of fused-ring (bicyclic) bond motifs is 1. The third-order valence-electron chi connectivity index (χ3n) is 3.15. The maximum atomic E-state index is 9.10. The Balaban J connectivity index is 1.95. The molecule has 0 radical (unpaired) electrons. The lowest BCUT2D eigenvalue weighted by Gasteiger charge is -2.11. The minimum atomic E-state index is 0.246. The summed E-state index contributed by atoms with van der Waals surface area (Å²) in [6.07, 6.45) is 2.80. The van der Waals surface area contributed by atoms with E-state index in [1.807, 2.05) is 18.2 Å². The molecule has 2 rings (SSSR count). The molecule has 1 heterocycles. The predicted molar refractivity (Wildman–Crippen MR) is 68.8 cm³/mol. The number of rotatable bonds is 6. The van der Waals surface area contributed by atoms with Gasteiger partial charge in [0.1, 0.15) is 5.58 Å². The number of hydrogen-bond acceptors (Lipinski definition) is 3. The van der Waals surface area contributed by atoms with Gasteiger partial charge in [0, 0.05) is 30.6 Å². The molecule has 0 aliphatic carbocycles. The highest BCUT2D eigenvalue weighted by Crippen LogP contribution is 2.20. The van der Waals surface area contributed by atoms with E-state index in [9.17, 15) is 0 Å². The normalized spacial score (nSPS) is 13.1. The first-order valence-corrected chi connectivity index (χ1v) is 6.11. The van der Waals surface area contributed by atoms with Gasteiger partial charge in [0.05, 0.1) is 6.26 Å². The molecular formula is C14H19NO2. The summed E-state index contributed by atoms with van der Waals surface area (Å²) in [6.45, 7) is 3.96. The number of benzene rings is 1. The summed E-state index contributed by atoms with van der Waals surface area (Å²) >= 11 is 0. The zero-order chi connectivity index (χ0) is 12.1. The molecule has 3 heteroatoms. The van der Waals surface area contributed by atoms with Crippen molar-refractivity contribution in [2.24, 2.45) is 5.92 Å². The van der Waals surface area contributed by atoms with E-state index in [1.165, 1.54) is 5.56 Å². The van der Waals surface area contributed by atoms with Crippen molar-refractivity contribution >= 4 is 11.0 Å². The van der Waals surface area contributed by atoms with Crippen LogP contribution in [0.2, 0.25) is 0 Å². The lowest BCUT2D eigenvalue weighted by molar-refractivity contribution is 0.218. The van der Waals surface area contributed by atoms with E-state index in [-0.39, 0.29) is 6.61 Å². The molecule has 3 nitrogen and oxygen atoms in total. The number of furan rings is 1. The van der Waals surface area contributed by atoms with Gasteiger partial charge in [0.2, 0.25) is 0 Å². The minimum absolute atomic E-state index is 0.246. The highest BCUT2D eigenvalue weighted by Gasteiger charge is 2.06. The van der Waals surface area contributed by atoms with Crippen LogP contribution in [-0.2, 0) is 6.54 Å². The van der Waals surface area contributed by atoms with E-state index in [2.05, 4.69) is 18.3 Å². The SMILES string of the molecule is CCC(CO)CNCc1coc2ccccc12. The molecule has 1 aromatic carbocycles. The van der Waals surface area contributed by atoms with Gasteiger partial charge in [0.25, 0.3) is 0 Å². The fourth-order valence-electron chi connectivity index (χ4n) is 1.92. The third-order valence-corrected chi connectivity index (χ3v) is 3.15. The highest BCUT2D eigenvalue weighted by atomic mass is 16.3. The van der Waals surface area contributed by atoms with Gasteiger partial charge < -0.3 is 14.8 Å². The smallest absolute Gasteiger partial charge is 0.134 e. The van der Waals surface area contributed by atoms with Crippen molar-refractivity contribution in [3.05, 3.63) is 36.1 Å². The Morgan fingerprint density at radius 2 is 2.18 bits per heavy atom. The zero-order valence-electron chi connectivity index (χ0n) is 10.1. The summed E-state index contributed by atoms with van der Waals surface area (Å²) in [4.78, 5) is 0. The second-order valence-corrected chi connectivity index (χ2v) is 4.34. The number of aliphatic hydroxyl groups excluding tert-OH is 1. The molecule has 2 N–H and O–H groups in total. The molecule has 1 atom stereocenters. The second-order valence-electron chi connectivity index (χ2n) is 4.34. The summed E-state index contributed by atoms with van der Waals surface area (Å²) in [7, 11) is 0. The van der Waals surface area contributed by atoms with Crippen molar-refractivity contribution in [2.45, 2.75) is 19.9 Å². The van der Waals surface area contributed by atoms with Gasteiger partial charge in [0.15, 0.2) is 0 Å². The van der Waals surface area contributed by atoms with Gasteiger partial charge in [-0.2, -0.15) is 0 Å². The Morgan fingerprint density at radius 3 is 2.94 bits per heavy atom. The van der Waals surface area contributed by atoms with Crippen molar-refractivity contribution < 1.29 is 9.52 Å². The maximum Gasteiger partial charge on any atom is 0.134 e. The molecule has 1 unspecified atom stereocenters. The average molecular weight is 233 g/mol. The van der Waals surface area contributed by atoms with E-state index < -0.39 is 0 Å². The summed E-state index contributed by atoms with van der Waals surface area (Å²) in [6, 6.07) is 8.03. The van der Waals surface area contributed by atoms with Crippen LogP contribution in [0.15, 0.2) is 34.9 Å². The quantitative estimate of drug-likeness (QED) is 0.806. The van der Waals surface area contributed by atoms with E-state index in [0.29, 0.717) is 5.92 Å². The fraction of sp³-hybridized carbons (Fsp3) is 0.429. The minimum Gasteiger partial charge on any atom is -0.464 e. The van der Waals surface area contributed by atoms with Gasteiger partial charge in [-0.3, -0.25) is 0 Å². The van der Waals surface area contributed by atoms with E-state index >= 15 is 0 Å². The number of hydrogen-bond donors (Lipinski definition) is 2. The summed E-state index contributed by atoms with van der Waals surface area (Å²) in [5.41, 5.74) is 2.10. The highest BCUT2D eigenvalue weighted by molar-refractivity contribution is 5.80. The van der Waals surface area contributed by atoms with Crippen LogP contribution in [-0.4, -0.2) is 18.3 Å². The van der Waals surface area contributed by atoms with Crippen LogP contribution in [0.25, 0.3) is 11.0 Å². The molecule has 2 aromatic rings. The summed E-state index contributed by atoms with van der Waals surface area (Å²) < 4.78 is 5.47. The Hall–Kier alpha value is -1.32. The van der Waals surface area contributed by atoms with Gasteiger partial charge in [-0.25, -0.2) is 0 Å². The molecular weight excluding hydrogens is 214 g/mol. The standard InChI is InChI=1S/C14H19NO2/c1-2-11(9-16)7-15-8-12-10-17-14-6-4-3-5-13(12)14/h3-6,10-11,15-16H,2,7-9H2,1H3. The monoisotopic (exact) mass is 233 g/mol. The molecule has 92 valence electrons. The Bertz CT molecular complexity index is 460. The zero-order valence-corrected chi connectivity index (χ0v) is 10.1. The van der Waals surface area contributed by atoms with E-state index in [1.54, 1.807) is 6.26 Å². The molecule has 0 amide bonds. The van der Waals surface area contributed by atoms with Crippen LogP contribution in [0.5, 0.6) is 0 Å². The lowest BCUT2D eigenvalue weighted by atomic mass is 10.1. The molecule has 0 saturated heterocycles. The van der Waals surface area contributed by atoms with Gasteiger partial charge in [-0.15, -0.1) is 0 Å². The molecule has 0 saturated carbocycles. The van der Waals surface area contributed by atoms with Crippen molar-refractivity contribution in [1.82, 2.24) is 5.32 Å². The first-order chi connectivity index (χ1) is 8.35. The molecule has 17 heavy (non-hydrogen) atoms. The molecule has 0 aliphatic rings. The summed E-state index contributed by atoms with van der Waals surface area (Å²) in [5.74, 6) is 0.341. The van der Waals surface area contributed by atoms with Gasteiger partial charge >= 0.3 is 0 Å². The van der Waals surface area contributed by atoms with Crippen LogP contribution in [0, 0.1) is 5.92 Å². The number of nitrogens with one attached hydrogen (secondary N) is 1. The van der Waals surface area contributed by atoms with Gasteiger partial charge in [-0.05, 0) is 18.4 Å². The Labute approximate surface area is 101 Å². The Morgan fingerprint density at radius 1 is 1.35 bits per heavy atom. The Kier molecular flexibility index (Phi) is 4.18. The molecule has 1 aromatic heterocycles. The van der Waals surface area contributed by atoms with Crippen LogP contribution >= 0.6 is 0 Å². The van der Waals surface area contributed by atoms with Crippen LogP contribution in [0.1, 0.15) is 18.9 Å². The van der Waals surface area contributed by atoms with Crippen molar-refractivity contribution in [2.75, 3.05) is 13.2 Å². The first kappa shape index (κ1) is 12.1. The van der Waals surface area contributed by atoms with Crippen LogP contribution in [0.4, 0.5) is 0 Å². The predicted octanol–water partition coefficient (Wildman–Crippen LogP) is 2.54. The molecule has 0 spiro atoms. The van der Waals surface area contributed by atoms with Crippen LogP contribution in [0.3, 0.4) is 0 Å². The third kappa shape index (κ3) is 2.87. The van der Waals surface area contributed by atoms with Gasteiger partial charge in [-0.1, -0.05) is 25.1 Å². The van der Waals surface area contributed by atoms with Crippen molar-refractivity contribution in [3.63, 3.8) is 0 Å². The summed E-state index contributed by atoms with van der Waals surface area (Å²) in [5, 5.41) is 13.6. The molecule has 0 fully saturated rings.